The highest BCUT2D eigenvalue weighted by Crippen LogP contribution is 2.41. The van der Waals surface area contributed by atoms with Crippen molar-refractivity contribution in [3.05, 3.63) is 76.3 Å². The van der Waals surface area contributed by atoms with Gasteiger partial charge in [0.1, 0.15) is 5.69 Å². The summed E-state index contributed by atoms with van der Waals surface area (Å²) in [6.07, 6.45) is -1.14. The molecule has 1 aliphatic heterocycles. The Bertz CT molecular complexity index is 1390. The van der Waals surface area contributed by atoms with E-state index in [4.69, 9.17) is 4.42 Å². The first-order valence-electron chi connectivity index (χ1n) is 9.87. The van der Waals surface area contributed by atoms with Gasteiger partial charge in [-0.2, -0.15) is 5.10 Å². The number of oxazole rings is 1. The second kappa shape index (κ2) is 8.56. The van der Waals surface area contributed by atoms with Crippen LogP contribution in [0, 0.1) is 6.92 Å². The van der Waals surface area contributed by atoms with Crippen molar-refractivity contribution in [2.45, 2.75) is 20.1 Å². The summed E-state index contributed by atoms with van der Waals surface area (Å²) in [7, 11) is 1.62. The molecule has 3 aromatic rings. The molecular formula is C23H18BrF2N3O5. The lowest BCUT2D eigenvalue weighted by Gasteiger charge is -2.10. The minimum absolute atomic E-state index is 0.118. The van der Waals surface area contributed by atoms with Gasteiger partial charge in [0, 0.05) is 35.1 Å². The first-order valence-corrected chi connectivity index (χ1v) is 10.7. The predicted octanol–water partition coefficient (Wildman–Crippen LogP) is 5.91. The first-order chi connectivity index (χ1) is 16.0. The van der Waals surface area contributed by atoms with E-state index in [-0.39, 0.29) is 22.8 Å². The number of hydrogen-bond donors (Lipinski definition) is 1. The van der Waals surface area contributed by atoms with Gasteiger partial charge in [0.05, 0.1) is 5.69 Å². The number of benzene rings is 1. The van der Waals surface area contributed by atoms with Crippen LogP contribution in [0.1, 0.15) is 29.0 Å². The number of allylic oxidation sites excluding steroid dienone is 3. The normalized spacial score (nSPS) is 17.1. The number of hydrogen-bond acceptors (Lipinski definition) is 6. The molecule has 0 saturated carbocycles. The molecule has 176 valence electrons. The third-order valence-corrected chi connectivity index (χ3v) is 5.40. The van der Waals surface area contributed by atoms with Crippen molar-refractivity contribution in [3.63, 3.8) is 0 Å². The number of rotatable bonds is 5. The van der Waals surface area contributed by atoms with E-state index in [0.29, 0.717) is 34.2 Å². The minimum Gasteiger partial charge on any atom is -0.476 e. The molecule has 11 heteroatoms. The summed E-state index contributed by atoms with van der Waals surface area (Å²) in [5.41, 5.74) is 2.11. The standard InChI is InChI=1S/C23H18BrF2N3O5/c1-5-18-19(34-23(25,26)33-18)8-11(2)20-21(32-12(3)27-20)15-9-13(24)6-7-14(15)17-10-16(22(30)31)28-29(17)4/h5-10H,2H2,1,3-4H3,(H,30,31)/b18-5+,19-8+. The van der Waals surface area contributed by atoms with Crippen molar-refractivity contribution < 1.29 is 32.6 Å². The van der Waals surface area contributed by atoms with E-state index >= 15 is 0 Å². The molecule has 1 aromatic carbocycles. The molecule has 0 spiro atoms. The molecular weight excluding hydrogens is 516 g/mol. The van der Waals surface area contributed by atoms with E-state index in [1.807, 2.05) is 0 Å². The van der Waals surface area contributed by atoms with Crippen LogP contribution in [-0.2, 0) is 16.5 Å². The summed E-state index contributed by atoms with van der Waals surface area (Å²) in [6.45, 7) is 7.13. The summed E-state index contributed by atoms with van der Waals surface area (Å²) in [6, 6.07) is 6.78. The molecule has 1 aliphatic rings. The third kappa shape index (κ3) is 4.38. The van der Waals surface area contributed by atoms with Crippen molar-refractivity contribution in [1.82, 2.24) is 14.8 Å². The summed E-state index contributed by atoms with van der Waals surface area (Å²) in [5.74, 6) is -0.871. The number of ether oxygens (including phenoxy) is 2. The number of aromatic carboxylic acids is 1. The van der Waals surface area contributed by atoms with E-state index in [1.54, 1.807) is 32.2 Å². The van der Waals surface area contributed by atoms with Crippen molar-refractivity contribution in [2.24, 2.45) is 7.05 Å². The Kier molecular flexibility index (Phi) is 5.90. The van der Waals surface area contributed by atoms with E-state index in [0.717, 1.165) is 4.47 Å². The molecule has 2 aromatic heterocycles. The number of carbonyl (C=O) groups is 1. The Morgan fingerprint density at radius 1 is 1.24 bits per heavy atom. The molecule has 8 nitrogen and oxygen atoms in total. The Morgan fingerprint density at radius 2 is 1.94 bits per heavy atom. The van der Waals surface area contributed by atoms with Gasteiger partial charge in [-0.25, -0.2) is 9.78 Å². The monoisotopic (exact) mass is 533 g/mol. The van der Waals surface area contributed by atoms with Gasteiger partial charge in [-0.05, 0) is 37.3 Å². The average molecular weight is 534 g/mol. The molecule has 0 amide bonds. The second-order valence-electron chi connectivity index (χ2n) is 7.30. The fraction of sp³-hybridized carbons (Fsp3) is 0.174. The van der Waals surface area contributed by atoms with Gasteiger partial charge in [0.2, 0.25) is 0 Å². The zero-order chi connectivity index (χ0) is 24.8. The van der Waals surface area contributed by atoms with Gasteiger partial charge in [-0.3, -0.25) is 4.68 Å². The van der Waals surface area contributed by atoms with Gasteiger partial charge in [0.25, 0.3) is 0 Å². The van der Waals surface area contributed by atoms with Crippen molar-refractivity contribution in [3.8, 4) is 22.6 Å². The largest absolute Gasteiger partial charge is 0.586 e. The van der Waals surface area contributed by atoms with Gasteiger partial charge in [-0.1, -0.05) is 28.6 Å². The van der Waals surface area contributed by atoms with E-state index < -0.39 is 12.3 Å². The fourth-order valence-electron chi connectivity index (χ4n) is 3.48. The Balaban J connectivity index is 1.84. The van der Waals surface area contributed by atoms with Crippen LogP contribution in [0.15, 0.2) is 63.4 Å². The van der Waals surface area contributed by atoms with Crippen LogP contribution < -0.4 is 0 Å². The molecule has 0 radical (unpaired) electrons. The zero-order valence-corrected chi connectivity index (χ0v) is 19.8. The number of alkyl halides is 2. The quantitative estimate of drug-likeness (QED) is 0.435. The molecule has 4 rings (SSSR count). The van der Waals surface area contributed by atoms with Crippen LogP contribution >= 0.6 is 15.9 Å². The minimum atomic E-state index is -3.78. The predicted molar refractivity (Wildman–Crippen MR) is 122 cm³/mol. The average Bonchev–Trinajstić information content (AvgIpc) is 3.42. The number of aryl methyl sites for hydroxylation is 2. The Hall–Kier alpha value is -3.73. The highest BCUT2D eigenvalue weighted by molar-refractivity contribution is 9.10. The smallest absolute Gasteiger partial charge is 0.476 e. The zero-order valence-electron chi connectivity index (χ0n) is 18.2. The van der Waals surface area contributed by atoms with Gasteiger partial charge in [0.15, 0.2) is 28.9 Å². The Labute approximate surface area is 200 Å². The van der Waals surface area contributed by atoms with Crippen molar-refractivity contribution >= 4 is 27.5 Å². The van der Waals surface area contributed by atoms with Crippen molar-refractivity contribution in [1.29, 1.82) is 0 Å². The molecule has 3 heterocycles. The highest BCUT2D eigenvalue weighted by Gasteiger charge is 2.45. The van der Waals surface area contributed by atoms with Crippen molar-refractivity contribution in [2.75, 3.05) is 0 Å². The number of nitrogens with zero attached hydrogens (tertiary/aromatic N) is 3. The summed E-state index contributed by atoms with van der Waals surface area (Å²) >= 11 is 3.44. The molecule has 0 bridgehead atoms. The number of aromatic nitrogens is 3. The molecule has 1 saturated heterocycles. The maximum Gasteiger partial charge on any atom is 0.586 e. The lowest BCUT2D eigenvalue weighted by molar-refractivity contribution is -0.326. The van der Waals surface area contributed by atoms with Crippen LogP contribution in [0.3, 0.4) is 0 Å². The summed E-state index contributed by atoms with van der Waals surface area (Å²) < 4.78 is 44.3. The highest BCUT2D eigenvalue weighted by atomic mass is 79.9. The van der Waals surface area contributed by atoms with Crippen LogP contribution in [0.5, 0.6) is 0 Å². The van der Waals surface area contributed by atoms with E-state index in [1.165, 1.54) is 29.8 Å². The lowest BCUT2D eigenvalue weighted by atomic mass is 9.99. The second-order valence-corrected chi connectivity index (χ2v) is 8.21. The number of carboxylic acids is 1. The molecule has 0 aliphatic carbocycles. The molecule has 0 unspecified atom stereocenters. The summed E-state index contributed by atoms with van der Waals surface area (Å²) in [4.78, 5) is 15.8. The third-order valence-electron chi connectivity index (χ3n) is 4.91. The van der Waals surface area contributed by atoms with E-state index in [9.17, 15) is 18.7 Å². The van der Waals surface area contributed by atoms with Crippen LogP contribution in [-0.4, -0.2) is 32.1 Å². The van der Waals surface area contributed by atoms with Gasteiger partial charge < -0.3 is 19.0 Å². The first kappa shape index (κ1) is 23.4. The molecule has 0 atom stereocenters. The molecule has 1 fully saturated rings. The summed E-state index contributed by atoms with van der Waals surface area (Å²) in [5, 5.41) is 13.4. The fourth-order valence-corrected chi connectivity index (χ4v) is 3.85. The van der Waals surface area contributed by atoms with Crippen LogP contribution in [0.4, 0.5) is 8.78 Å². The topological polar surface area (TPSA) is 99.6 Å². The number of halogens is 3. The van der Waals surface area contributed by atoms with Gasteiger partial charge >= 0.3 is 12.3 Å². The number of carboxylic acid groups (broad SMARTS) is 1. The van der Waals surface area contributed by atoms with Gasteiger partial charge in [-0.15, -0.1) is 8.78 Å². The maximum absolute atomic E-state index is 13.6. The van der Waals surface area contributed by atoms with E-state index in [2.05, 4.69) is 42.1 Å². The van der Waals surface area contributed by atoms with Crippen LogP contribution in [0.25, 0.3) is 28.2 Å². The maximum atomic E-state index is 13.6. The Morgan fingerprint density at radius 3 is 2.59 bits per heavy atom. The SMILES string of the molecule is C=C(/C=C1/OC(F)(F)O/C1=C/C)c1nc(C)oc1-c1cc(Br)ccc1-c1cc(C(=O)O)nn1C. The lowest BCUT2D eigenvalue weighted by Crippen LogP contribution is -2.14. The molecule has 1 N–H and O–H groups in total. The molecule has 34 heavy (non-hydrogen) atoms. The van der Waals surface area contributed by atoms with Crippen LogP contribution in [0.2, 0.25) is 0 Å².